The van der Waals surface area contributed by atoms with E-state index in [9.17, 15) is 4.79 Å². The largest absolute Gasteiger partial charge is 0.464 e. The Kier molecular flexibility index (Phi) is 4.06. The van der Waals surface area contributed by atoms with Crippen molar-refractivity contribution in [2.24, 2.45) is 0 Å². The van der Waals surface area contributed by atoms with E-state index in [-0.39, 0.29) is 0 Å². The van der Waals surface area contributed by atoms with Crippen molar-refractivity contribution in [3.63, 3.8) is 0 Å². The van der Waals surface area contributed by atoms with Crippen LogP contribution in [-0.4, -0.2) is 18.1 Å². The van der Waals surface area contributed by atoms with Gasteiger partial charge in [-0.1, -0.05) is 17.7 Å². The van der Waals surface area contributed by atoms with Gasteiger partial charge in [0.05, 0.1) is 12.0 Å². The van der Waals surface area contributed by atoms with Gasteiger partial charge in [0.15, 0.2) is 9.61 Å². The number of esters is 1. The molecule has 1 aromatic carbocycles. The molecule has 0 N–H and O–H groups in total. The highest BCUT2D eigenvalue weighted by molar-refractivity contribution is 9.11. The molecule has 100 valence electrons. The number of carbonyl (C=O) groups excluding carboxylic acids is 1. The smallest absolute Gasteiger partial charge is 0.358 e. The molecule has 0 aliphatic carbocycles. The van der Waals surface area contributed by atoms with E-state index in [0.29, 0.717) is 9.61 Å². The van der Waals surface area contributed by atoms with Crippen LogP contribution in [0, 0.1) is 20.8 Å². The van der Waals surface area contributed by atoms with E-state index in [2.05, 4.69) is 40.0 Å². The Hall–Kier alpha value is -1.20. The molecule has 0 spiro atoms. The van der Waals surface area contributed by atoms with Gasteiger partial charge in [0.1, 0.15) is 0 Å². The molecule has 0 radical (unpaired) electrons. The van der Waals surface area contributed by atoms with E-state index in [1.165, 1.54) is 24.0 Å². The summed E-state index contributed by atoms with van der Waals surface area (Å²) in [6.45, 7) is 6.15. The first-order chi connectivity index (χ1) is 8.93. The van der Waals surface area contributed by atoms with E-state index in [4.69, 9.17) is 4.74 Å². The first-order valence-electron chi connectivity index (χ1n) is 5.77. The SMILES string of the molecule is COC(=O)c1nc(Br)sc1-c1c(C)cc(C)cc1C. The molecule has 5 heteroatoms. The Morgan fingerprint density at radius 2 is 1.84 bits per heavy atom. The van der Waals surface area contributed by atoms with Crippen molar-refractivity contribution in [1.29, 1.82) is 0 Å². The normalized spacial score (nSPS) is 10.6. The van der Waals surface area contributed by atoms with Crippen LogP contribution in [0.1, 0.15) is 27.2 Å². The highest BCUT2D eigenvalue weighted by Gasteiger charge is 2.21. The fourth-order valence-electron chi connectivity index (χ4n) is 2.24. The summed E-state index contributed by atoms with van der Waals surface area (Å²) in [5, 5.41) is 0. The van der Waals surface area contributed by atoms with Crippen molar-refractivity contribution in [2.45, 2.75) is 20.8 Å². The van der Waals surface area contributed by atoms with Crippen LogP contribution in [0.5, 0.6) is 0 Å². The molecule has 0 aliphatic heterocycles. The zero-order valence-electron chi connectivity index (χ0n) is 11.2. The molecular formula is C14H14BrNO2S. The monoisotopic (exact) mass is 339 g/mol. The molecule has 1 aromatic heterocycles. The standard InChI is InChI=1S/C14H14BrNO2S/c1-7-5-8(2)10(9(3)6-7)12-11(13(17)18-4)16-14(15)19-12/h5-6H,1-4H3. The maximum atomic E-state index is 11.8. The minimum Gasteiger partial charge on any atom is -0.464 e. The van der Waals surface area contributed by atoms with Gasteiger partial charge < -0.3 is 4.74 Å². The molecule has 0 amide bonds. The average Bonchev–Trinajstić information content (AvgIpc) is 2.69. The van der Waals surface area contributed by atoms with Gasteiger partial charge in [0.2, 0.25) is 0 Å². The number of thiazole rings is 1. The fraction of sp³-hybridized carbons (Fsp3) is 0.286. The number of aromatic nitrogens is 1. The first kappa shape index (κ1) is 14.2. The Bertz CT molecular complexity index is 626. The Balaban J connectivity index is 2.69. The summed E-state index contributed by atoms with van der Waals surface area (Å²) in [5.41, 5.74) is 4.92. The van der Waals surface area contributed by atoms with E-state index in [1.807, 2.05) is 13.8 Å². The number of benzene rings is 1. The van der Waals surface area contributed by atoms with Crippen molar-refractivity contribution >= 4 is 33.2 Å². The lowest BCUT2D eigenvalue weighted by molar-refractivity contribution is 0.0595. The topological polar surface area (TPSA) is 39.2 Å². The van der Waals surface area contributed by atoms with Gasteiger partial charge in [-0.05, 0) is 47.8 Å². The second-order valence-electron chi connectivity index (χ2n) is 4.41. The molecule has 0 fully saturated rings. The van der Waals surface area contributed by atoms with Crippen LogP contribution in [0.25, 0.3) is 10.4 Å². The van der Waals surface area contributed by atoms with Crippen LogP contribution in [0.3, 0.4) is 0 Å². The molecule has 0 saturated carbocycles. The molecule has 19 heavy (non-hydrogen) atoms. The van der Waals surface area contributed by atoms with Crippen LogP contribution in [0.2, 0.25) is 0 Å². The predicted octanol–water partition coefficient (Wildman–Crippen LogP) is 4.28. The summed E-state index contributed by atoms with van der Waals surface area (Å²) in [7, 11) is 1.37. The second-order valence-corrected chi connectivity index (χ2v) is 6.68. The van der Waals surface area contributed by atoms with Crippen molar-refractivity contribution < 1.29 is 9.53 Å². The number of rotatable bonds is 2. The summed E-state index contributed by atoms with van der Waals surface area (Å²) >= 11 is 4.79. The molecule has 2 rings (SSSR count). The molecule has 2 aromatic rings. The van der Waals surface area contributed by atoms with Gasteiger partial charge in [0, 0.05) is 5.56 Å². The highest BCUT2D eigenvalue weighted by Crippen LogP contribution is 2.37. The van der Waals surface area contributed by atoms with Gasteiger partial charge in [-0.2, -0.15) is 0 Å². The predicted molar refractivity (Wildman–Crippen MR) is 80.8 cm³/mol. The molecule has 0 atom stereocenters. The average molecular weight is 340 g/mol. The zero-order chi connectivity index (χ0) is 14.2. The lowest BCUT2D eigenvalue weighted by Crippen LogP contribution is -2.04. The number of nitrogens with zero attached hydrogens (tertiary/aromatic N) is 1. The van der Waals surface area contributed by atoms with Gasteiger partial charge >= 0.3 is 5.97 Å². The van der Waals surface area contributed by atoms with Crippen molar-refractivity contribution in [3.05, 3.63) is 38.4 Å². The van der Waals surface area contributed by atoms with Gasteiger partial charge in [-0.3, -0.25) is 0 Å². The van der Waals surface area contributed by atoms with E-state index >= 15 is 0 Å². The summed E-state index contributed by atoms with van der Waals surface area (Å²) in [5.74, 6) is -0.406. The quantitative estimate of drug-likeness (QED) is 0.766. The molecule has 0 bridgehead atoms. The third-order valence-corrected chi connectivity index (χ3v) is 4.41. The number of hydrogen-bond acceptors (Lipinski definition) is 4. The van der Waals surface area contributed by atoms with Crippen LogP contribution in [0.4, 0.5) is 0 Å². The van der Waals surface area contributed by atoms with Crippen LogP contribution < -0.4 is 0 Å². The summed E-state index contributed by atoms with van der Waals surface area (Å²) in [6, 6.07) is 4.22. The minimum absolute atomic E-state index is 0.370. The van der Waals surface area contributed by atoms with Gasteiger partial charge in [-0.15, -0.1) is 11.3 Å². The van der Waals surface area contributed by atoms with E-state index in [1.54, 1.807) is 0 Å². The van der Waals surface area contributed by atoms with Crippen molar-refractivity contribution in [1.82, 2.24) is 4.98 Å². The number of ether oxygens (including phenoxy) is 1. The Morgan fingerprint density at radius 3 is 2.37 bits per heavy atom. The van der Waals surface area contributed by atoms with Crippen LogP contribution in [-0.2, 0) is 4.74 Å². The second kappa shape index (κ2) is 5.43. The maximum Gasteiger partial charge on any atom is 0.358 e. The lowest BCUT2D eigenvalue weighted by Gasteiger charge is -2.10. The lowest BCUT2D eigenvalue weighted by atomic mass is 9.98. The number of hydrogen-bond donors (Lipinski definition) is 0. The number of halogens is 1. The number of aryl methyl sites for hydroxylation is 3. The van der Waals surface area contributed by atoms with Crippen molar-refractivity contribution in [2.75, 3.05) is 7.11 Å². The summed E-state index contributed by atoms with van der Waals surface area (Å²) in [6.07, 6.45) is 0. The Morgan fingerprint density at radius 1 is 1.26 bits per heavy atom. The molecule has 3 nitrogen and oxygen atoms in total. The third-order valence-electron chi connectivity index (χ3n) is 2.88. The first-order valence-corrected chi connectivity index (χ1v) is 7.38. The molecule has 0 unspecified atom stereocenters. The number of carbonyl (C=O) groups is 1. The zero-order valence-corrected chi connectivity index (χ0v) is 13.6. The molecule has 0 aliphatic rings. The third kappa shape index (κ3) is 2.72. The number of methoxy groups -OCH3 is 1. The maximum absolute atomic E-state index is 11.8. The van der Waals surface area contributed by atoms with E-state index < -0.39 is 5.97 Å². The van der Waals surface area contributed by atoms with Crippen LogP contribution in [0.15, 0.2) is 16.0 Å². The van der Waals surface area contributed by atoms with Crippen molar-refractivity contribution in [3.8, 4) is 10.4 Å². The van der Waals surface area contributed by atoms with Crippen LogP contribution >= 0.6 is 27.3 Å². The van der Waals surface area contributed by atoms with Gasteiger partial charge in [-0.25, -0.2) is 9.78 Å². The van der Waals surface area contributed by atoms with E-state index in [0.717, 1.165) is 21.6 Å². The fourth-order valence-corrected chi connectivity index (χ4v) is 3.85. The molecule has 1 heterocycles. The minimum atomic E-state index is -0.406. The molecule has 0 saturated heterocycles. The summed E-state index contributed by atoms with van der Waals surface area (Å²) < 4.78 is 5.48. The van der Waals surface area contributed by atoms with Gasteiger partial charge in [0.25, 0.3) is 0 Å². The highest BCUT2D eigenvalue weighted by atomic mass is 79.9. The summed E-state index contributed by atoms with van der Waals surface area (Å²) in [4.78, 5) is 16.9. The Labute approximate surface area is 124 Å². The molecular weight excluding hydrogens is 326 g/mol.